The third-order valence-electron chi connectivity index (χ3n) is 10.5. The monoisotopic (exact) mass is 534 g/mol. The van der Waals surface area contributed by atoms with Crippen LogP contribution < -0.4 is 0 Å². The molecule has 0 aromatic rings. The SMILES string of the molecule is CC1(C)C2CC3CCCCC3C2[Si](C)(C)C2C3CCCCC3CC21.ClCl.[CH3-].[CH3-].[Zr+2]. The minimum Gasteiger partial charge on any atom is -0.358 e. The van der Waals surface area contributed by atoms with Gasteiger partial charge < -0.3 is 14.9 Å². The zero-order chi connectivity index (χ0) is 18.7. The molecule has 1 saturated heterocycles. The molecule has 168 valence electrons. The zero-order valence-corrected chi connectivity index (χ0v) is 24.9. The summed E-state index contributed by atoms with van der Waals surface area (Å²) < 4.78 is 0. The van der Waals surface area contributed by atoms with Crippen LogP contribution in [-0.4, -0.2) is 8.07 Å². The second kappa shape index (κ2) is 10.7. The molecule has 8 unspecified atom stereocenters. The maximum atomic E-state index is 4.11. The van der Waals surface area contributed by atoms with Gasteiger partial charge >= 0.3 is 26.2 Å². The number of fused-ring (bicyclic) bond motifs is 6. The smallest absolute Gasteiger partial charge is 0.358 e. The second-order valence-electron chi connectivity index (χ2n) is 11.8. The molecule has 0 amide bonds. The molecular formula is C25H46Cl2SiZr. The quantitative estimate of drug-likeness (QED) is 0.214. The van der Waals surface area contributed by atoms with Crippen LogP contribution in [0.1, 0.15) is 78.1 Å². The van der Waals surface area contributed by atoms with Crippen molar-refractivity contribution in [3.63, 3.8) is 0 Å². The van der Waals surface area contributed by atoms with Crippen LogP contribution in [0.5, 0.6) is 0 Å². The van der Waals surface area contributed by atoms with Crippen LogP contribution in [0.3, 0.4) is 0 Å². The van der Waals surface area contributed by atoms with Crippen LogP contribution >= 0.6 is 21.7 Å². The first kappa shape index (κ1) is 28.7. The van der Waals surface area contributed by atoms with Crippen molar-refractivity contribution in [1.29, 1.82) is 0 Å². The van der Waals surface area contributed by atoms with E-state index in [1.54, 1.807) is 64.2 Å². The molecule has 0 N–H and O–H groups in total. The zero-order valence-electron chi connectivity index (χ0n) is 19.9. The van der Waals surface area contributed by atoms with Gasteiger partial charge in [0.15, 0.2) is 0 Å². The topological polar surface area (TPSA) is 0 Å². The van der Waals surface area contributed by atoms with Gasteiger partial charge in [0.2, 0.25) is 0 Å². The van der Waals surface area contributed by atoms with Crippen LogP contribution in [0.2, 0.25) is 24.2 Å². The fraction of sp³-hybridized carbons (Fsp3) is 0.920. The van der Waals surface area contributed by atoms with E-state index in [0.29, 0.717) is 5.41 Å². The Kier molecular flexibility index (Phi) is 10.6. The van der Waals surface area contributed by atoms with E-state index in [-0.39, 0.29) is 41.1 Å². The first-order valence-corrected chi connectivity index (χ1v) is 15.9. The van der Waals surface area contributed by atoms with Crippen LogP contribution in [-0.2, 0) is 26.2 Å². The van der Waals surface area contributed by atoms with Crippen molar-refractivity contribution in [2.75, 3.05) is 0 Å². The molecule has 1 heterocycles. The Morgan fingerprint density at radius 3 is 1.41 bits per heavy atom. The van der Waals surface area contributed by atoms with E-state index in [2.05, 4.69) is 48.7 Å². The molecule has 4 saturated carbocycles. The van der Waals surface area contributed by atoms with Crippen LogP contribution in [0.4, 0.5) is 0 Å². The molecule has 0 nitrogen and oxygen atoms in total. The summed E-state index contributed by atoms with van der Waals surface area (Å²) in [5.41, 5.74) is 3.01. The Balaban J connectivity index is 0.000000817. The summed E-state index contributed by atoms with van der Waals surface area (Å²) in [6.45, 7) is 11.2. The van der Waals surface area contributed by atoms with Gasteiger partial charge in [0.25, 0.3) is 0 Å². The summed E-state index contributed by atoms with van der Waals surface area (Å²) in [6, 6.07) is 0. The number of hydrogen-bond donors (Lipinski definition) is 0. The average Bonchev–Trinajstić information content (AvgIpc) is 3.23. The predicted octanol–water partition coefficient (Wildman–Crippen LogP) is 9.40. The van der Waals surface area contributed by atoms with E-state index in [0.717, 1.165) is 35.5 Å². The fourth-order valence-electron chi connectivity index (χ4n) is 9.72. The van der Waals surface area contributed by atoms with Gasteiger partial charge in [-0.1, -0.05) is 78.3 Å². The molecule has 5 rings (SSSR count). The van der Waals surface area contributed by atoms with E-state index < -0.39 is 8.07 Å². The minimum absolute atomic E-state index is 0. The summed E-state index contributed by atoms with van der Waals surface area (Å²) in [5.74, 6) is 6.73. The normalized spacial score (nSPS) is 45.3. The molecule has 0 aromatic heterocycles. The predicted molar refractivity (Wildman–Crippen MR) is 130 cm³/mol. The van der Waals surface area contributed by atoms with E-state index in [1.165, 1.54) is 11.1 Å². The molecule has 0 bridgehead atoms. The number of hydrogen-bond acceptors (Lipinski definition) is 0. The van der Waals surface area contributed by atoms with Crippen LogP contribution in [0, 0.1) is 55.8 Å². The molecule has 5 aliphatic rings. The van der Waals surface area contributed by atoms with Gasteiger partial charge in [-0.2, -0.15) is 0 Å². The third-order valence-corrected chi connectivity index (χ3v) is 15.6. The van der Waals surface area contributed by atoms with Gasteiger partial charge in [-0.15, -0.1) is 0 Å². The number of halogens is 2. The Morgan fingerprint density at radius 2 is 1.03 bits per heavy atom. The van der Waals surface area contributed by atoms with Crippen molar-refractivity contribution in [1.82, 2.24) is 0 Å². The summed E-state index contributed by atoms with van der Waals surface area (Å²) in [7, 11) is 7.07. The van der Waals surface area contributed by atoms with Crippen LogP contribution in [0.15, 0.2) is 0 Å². The Labute approximate surface area is 212 Å². The molecule has 1 aliphatic heterocycles. The van der Waals surface area contributed by atoms with Gasteiger partial charge in [0.1, 0.15) is 0 Å². The van der Waals surface area contributed by atoms with E-state index in [4.69, 9.17) is 0 Å². The van der Waals surface area contributed by atoms with Gasteiger partial charge in [-0.05, 0) is 64.8 Å². The van der Waals surface area contributed by atoms with Crippen molar-refractivity contribution < 1.29 is 26.2 Å². The van der Waals surface area contributed by atoms with Gasteiger partial charge in [0, 0.05) is 21.7 Å². The summed E-state index contributed by atoms with van der Waals surface area (Å²) in [5, 5.41) is 0. The third kappa shape index (κ3) is 4.43. The maximum Gasteiger partial charge on any atom is 2.00 e. The Bertz CT molecular complexity index is 481. The second-order valence-corrected chi connectivity index (χ2v) is 16.8. The molecular weight excluding hydrogens is 490 g/mol. The average molecular weight is 537 g/mol. The summed E-state index contributed by atoms with van der Waals surface area (Å²) in [6.07, 6.45) is 15.8. The largest absolute Gasteiger partial charge is 2.00 e. The molecule has 5 fully saturated rings. The molecule has 4 aliphatic carbocycles. The van der Waals surface area contributed by atoms with Gasteiger partial charge in [-0.25, -0.2) is 0 Å². The summed E-state index contributed by atoms with van der Waals surface area (Å²) >= 11 is 0. The van der Waals surface area contributed by atoms with Crippen LogP contribution in [0.25, 0.3) is 0 Å². The first-order chi connectivity index (χ1) is 12.4. The molecule has 4 heteroatoms. The number of rotatable bonds is 0. The Morgan fingerprint density at radius 1 is 0.690 bits per heavy atom. The van der Waals surface area contributed by atoms with Crippen molar-refractivity contribution in [2.24, 2.45) is 40.9 Å². The summed E-state index contributed by atoms with van der Waals surface area (Å²) in [4.78, 5) is 0. The van der Waals surface area contributed by atoms with E-state index in [9.17, 15) is 0 Å². The maximum absolute atomic E-state index is 4.11. The Hall–Kier alpha value is 1.68. The standard InChI is InChI=1S/C23H40Si.2CH3.Cl2.Zr/c1-23(2)19-13-15-9-5-7-11-17(15)21(19)24(3,4)22-18-12-8-6-10-16(18)14-20(22)23;;;1-2;/h15-22H,5-14H2,1-4H3;2*1H3;;/q;2*-1;;+2. The van der Waals surface area contributed by atoms with Crippen molar-refractivity contribution in [3.8, 4) is 0 Å². The van der Waals surface area contributed by atoms with E-state index >= 15 is 0 Å². The minimum atomic E-state index is -1.16. The first-order valence-electron chi connectivity index (χ1n) is 11.6. The van der Waals surface area contributed by atoms with Crippen molar-refractivity contribution in [2.45, 2.75) is 102 Å². The molecule has 0 spiro atoms. The van der Waals surface area contributed by atoms with Crippen molar-refractivity contribution >= 4 is 29.8 Å². The molecule has 0 radical (unpaired) electrons. The van der Waals surface area contributed by atoms with Gasteiger partial charge in [-0.3, -0.25) is 0 Å². The van der Waals surface area contributed by atoms with Gasteiger partial charge in [0.05, 0.1) is 8.07 Å². The fourth-order valence-corrected chi connectivity index (χ4v) is 16.5. The van der Waals surface area contributed by atoms with Crippen molar-refractivity contribution in [3.05, 3.63) is 14.9 Å². The van der Waals surface area contributed by atoms with E-state index in [1.807, 2.05) is 0 Å². The molecule has 8 atom stereocenters. The molecule has 29 heavy (non-hydrogen) atoms. The molecule has 0 aromatic carbocycles.